The second kappa shape index (κ2) is 10.2. The lowest BCUT2D eigenvalue weighted by atomic mass is 9.73. The average Bonchev–Trinajstić information content (AvgIpc) is 3.22. The van der Waals surface area contributed by atoms with Gasteiger partial charge in [0.2, 0.25) is 0 Å². The molecular weight excluding hydrogens is 406 g/mol. The van der Waals surface area contributed by atoms with E-state index in [9.17, 15) is 0 Å². The molecule has 1 aromatic heterocycles. The molecule has 3 aromatic rings. The van der Waals surface area contributed by atoms with Gasteiger partial charge < -0.3 is 10.1 Å². The minimum absolute atomic E-state index is 0.161. The molecule has 0 radical (unpaired) electrons. The quantitative estimate of drug-likeness (QED) is 0.455. The highest BCUT2D eigenvalue weighted by atomic mass is 16.5. The zero-order valence-corrected chi connectivity index (χ0v) is 21.1. The maximum atomic E-state index is 5.88. The van der Waals surface area contributed by atoms with Crippen molar-refractivity contribution in [2.24, 2.45) is 0 Å². The molecule has 33 heavy (non-hydrogen) atoms. The number of nitrogens with one attached hydrogen (secondary N) is 2. The van der Waals surface area contributed by atoms with Crippen LogP contribution < -0.4 is 5.32 Å². The first-order chi connectivity index (χ1) is 16.0. The Labute approximate surface area is 199 Å². The molecule has 1 aliphatic rings. The highest BCUT2D eigenvalue weighted by molar-refractivity contribution is 5.51. The molecule has 176 valence electrons. The molecule has 4 nitrogen and oxygen atoms in total. The molecule has 2 aromatic carbocycles. The summed E-state index contributed by atoms with van der Waals surface area (Å²) in [5, 5.41) is 12.2. The van der Waals surface area contributed by atoms with Crippen LogP contribution in [-0.2, 0) is 24.0 Å². The van der Waals surface area contributed by atoms with Crippen LogP contribution in [0.25, 0.3) is 0 Å². The lowest BCUT2D eigenvalue weighted by Crippen LogP contribution is -2.45. The lowest BCUT2D eigenvalue weighted by Gasteiger charge is -2.39. The van der Waals surface area contributed by atoms with E-state index in [2.05, 4.69) is 88.4 Å². The van der Waals surface area contributed by atoms with Crippen LogP contribution in [0.2, 0.25) is 0 Å². The lowest BCUT2D eigenvalue weighted by molar-refractivity contribution is 0.114. The highest BCUT2D eigenvalue weighted by Crippen LogP contribution is 2.45. The van der Waals surface area contributed by atoms with Gasteiger partial charge in [0.1, 0.15) is 0 Å². The Bertz CT molecular complexity index is 1060. The number of hydrogen-bond donors (Lipinski definition) is 2. The molecule has 0 fully saturated rings. The van der Waals surface area contributed by atoms with Crippen molar-refractivity contribution in [3.63, 3.8) is 0 Å². The van der Waals surface area contributed by atoms with Gasteiger partial charge in [-0.1, -0.05) is 55.8 Å². The van der Waals surface area contributed by atoms with Crippen LogP contribution in [0.5, 0.6) is 0 Å². The molecule has 3 atom stereocenters. The normalized spacial score (nSPS) is 18.8. The van der Waals surface area contributed by atoms with Crippen molar-refractivity contribution >= 4 is 0 Å². The SMILES string of the molecule is CCOCC1Cc2ccccc2C(C(c2c(C)cc(C)cc2C)c2c(CC)n[nH]c2CC)N1. The number of H-pyrrole nitrogens is 1. The van der Waals surface area contributed by atoms with E-state index in [1.54, 1.807) is 0 Å². The zero-order valence-electron chi connectivity index (χ0n) is 21.1. The molecule has 0 spiro atoms. The molecule has 3 unspecified atom stereocenters. The molecule has 4 heteroatoms. The summed E-state index contributed by atoms with van der Waals surface area (Å²) in [7, 11) is 0. The van der Waals surface area contributed by atoms with E-state index in [0.717, 1.165) is 32.5 Å². The Balaban J connectivity index is 1.95. The van der Waals surface area contributed by atoms with Gasteiger partial charge in [-0.05, 0) is 74.8 Å². The number of aryl methyl sites for hydroxylation is 5. The Morgan fingerprint density at radius 3 is 2.39 bits per heavy atom. The number of ether oxygens (including phenoxy) is 1. The van der Waals surface area contributed by atoms with Crippen molar-refractivity contribution in [2.45, 2.75) is 78.8 Å². The van der Waals surface area contributed by atoms with E-state index >= 15 is 0 Å². The van der Waals surface area contributed by atoms with Crippen molar-refractivity contribution < 1.29 is 4.74 Å². The maximum Gasteiger partial charge on any atom is 0.0661 e. The van der Waals surface area contributed by atoms with E-state index in [-0.39, 0.29) is 12.0 Å². The van der Waals surface area contributed by atoms with Crippen molar-refractivity contribution in [2.75, 3.05) is 13.2 Å². The molecule has 0 aliphatic carbocycles. The van der Waals surface area contributed by atoms with E-state index in [4.69, 9.17) is 9.84 Å². The number of hydrogen-bond acceptors (Lipinski definition) is 3. The summed E-state index contributed by atoms with van der Waals surface area (Å²) in [6.45, 7) is 14.7. The predicted octanol–water partition coefficient (Wildman–Crippen LogP) is 5.88. The Kier molecular flexibility index (Phi) is 7.35. The highest BCUT2D eigenvalue weighted by Gasteiger charge is 2.37. The molecule has 4 rings (SSSR count). The van der Waals surface area contributed by atoms with Crippen LogP contribution in [0.1, 0.15) is 83.1 Å². The predicted molar refractivity (Wildman–Crippen MR) is 136 cm³/mol. The van der Waals surface area contributed by atoms with E-state index in [0.29, 0.717) is 6.04 Å². The third kappa shape index (κ3) is 4.64. The molecular formula is C29H39N3O. The second-order valence-electron chi connectivity index (χ2n) is 9.46. The Morgan fingerprint density at radius 1 is 1.00 bits per heavy atom. The zero-order chi connectivity index (χ0) is 23.5. The van der Waals surface area contributed by atoms with E-state index in [1.807, 2.05) is 0 Å². The number of nitrogens with zero attached hydrogens (tertiary/aromatic N) is 1. The standard InChI is InChI=1S/C29H39N3O/c1-7-24-27(25(8-2)32-31-24)28(26-19(5)14-18(4)15-20(26)6)29-23-13-11-10-12-21(23)16-22(30-29)17-33-9-3/h10-15,22,28-30H,7-9,16-17H2,1-6H3,(H,31,32). The molecule has 2 N–H and O–H groups in total. The number of aromatic amines is 1. The fourth-order valence-corrected chi connectivity index (χ4v) is 5.83. The monoisotopic (exact) mass is 445 g/mol. The number of fused-ring (bicyclic) bond motifs is 1. The summed E-state index contributed by atoms with van der Waals surface area (Å²) in [6, 6.07) is 14.1. The van der Waals surface area contributed by atoms with Crippen molar-refractivity contribution in [1.82, 2.24) is 15.5 Å². The van der Waals surface area contributed by atoms with Gasteiger partial charge in [0.15, 0.2) is 0 Å². The van der Waals surface area contributed by atoms with Gasteiger partial charge >= 0.3 is 0 Å². The van der Waals surface area contributed by atoms with Crippen molar-refractivity contribution in [3.05, 3.63) is 86.7 Å². The smallest absolute Gasteiger partial charge is 0.0661 e. The first-order valence-corrected chi connectivity index (χ1v) is 12.5. The van der Waals surface area contributed by atoms with E-state index in [1.165, 1.54) is 50.3 Å². The minimum Gasteiger partial charge on any atom is -0.380 e. The largest absolute Gasteiger partial charge is 0.380 e. The summed E-state index contributed by atoms with van der Waals surface area (Å²) in [5.74, 6) is 0.180. The summed E-state index contributed by atoms with van der Waals surface area (Å²) in [5.41, 5.74) is 12.1. The van der Waals surface area contributed by atoms with Crippen LogP contribution in [0, 0.1) is 20.8 Å². The van der Waals surface area contributed by atoms with Gasteiger partial charge in [-0.25, -0.2) is 0 Å². The Morgan fingerprint density at radius 2 is 1.73 bits per heavy atom. The first-order valence-electron chi connectivity index (χ1n) is 12.5. The fraction of sp³-hybridized carbons (Fsp3) is 0.483. The van der Waals surface area contributed by atoms with Gasteiger partial charge in [0.25, 0.3) is 0 Å². The minimum atomic E-state index is 0.161. The molecule has 0 amide bonds. The number of benzene rings is 2. The maximum absolute atomic E-state index is 5.88. The van der Waals surface area contributed by atoms with Crippen LogP contribution in [0.3, 0.4) is 0 Å². The van der Waals surface area contributed by atoms with Crippen molar-refractivity contribution in [3.8, 4) is 0 Å². The van der Waals surface area contributed by atoms with Gasteiger partial charge in [0.05, 0.1) is 12.3 Å². The van der Waals surface area contributed by atoms with E-state index < -0.39 is 0 Å². The van der Waals surface area contributed by atoms with Gasteiger partial charge in [-0.15, -0.1) is 0 Å². The third-order valence-corrected chi connectivity index (χ3v) is 7.14. The molecule has 0 saturated carbocycles. The summed E-state index contributed by atoms with van der Waals surface area (Å²) in [6.07, 6.45) is 2.86. The second-order valence-corrected chi connectivity index (χ2v) is 9.46. The molecule has 2 heterocycles. The van der Waals surface area contributed by atoms with Gasteiger partial charge in [-0.3, -0.25) is 5.10 Å². The van der Waals surface area contributed by atoms with Crippen LogP contribution >= 0.6 is 0 Å². The average molecular weight is 446 g/mol. The van der Waals surface area contributed by atoms with Crippen molar-refractivity contribution in [1.29, 1.82) is 0 Å². The molecule has 1 aliphatic heterocycles. The topological polar surface area (TPSA) is 49.9 Å². The summed E-state index contributed by atoms with van der Waals surface area (Å²) >= 11 is 0. The van der Waals surface area contributed by atoms with Crippen LogP contribution in [0.4, 0.5) is 0 Å². The number of rotatable bonds is 8. The van der Waals surface area contributed by atoms with Gasteiger partial charge in [0, 0.05) is 35.9 Å². The fourth-order valence-electron chi connectivity index (χ4n) is 5.83. The first kappa shape index (κ1) is 23.7. The molecule has 0 bridgehead atoms. The summed E-state index contributed by atoms with van der Waals surface area (Å²) in [4.78, 5) is 0. The third-order valence-electron chi connectivity index (χ3n) is 7.14. The number of aromatic nitrogens is 2. The Hall–Kier alpha value is -2.43. The summed E-state index contributed by atoms with van der Waals surface area (Å²) < 4.78 is 5.88. The van der Waals surface area contributed by atoms with Crippen LogP contribution in [-0.4, -0.2) is 29.5 Å². The van der Waals surface area contributed by atoms with Gasteiger partial charge in [-0.2, -0.15) is 5.10 Å². The molecule has 0 saturated heterocycles. The van der Waals surface area contributed by atoms with Crippen LogP contribution in [0.15, 0.2) is 36.4 Å².